The molecule has 4 saturated carbocycles. The predicted molar refractivity (Wildman–Crippen MR) is 129 cm³/mol. The summed E-state index contributed by atoms with van der Waals surface area (Å²) in [5.74, 6) is -0.102. The Morgan fingerprint density at radius 3 is 2.24 bits per heavy atom. The molecule has 4 aliphatic rings. The van der Waals surface area contributed by atoms with Gasteiger partial charge in [-0.15, -0.1) is 0 Å². The van der Waals surface area contributed by atoms with Crippen LogP contribution in [0.25, 0.3) is 0 Å². The summed E-state index contributed by atoms with van der Waals surface area (Å²) in [6.07, 6.45) is 10.3. The summed E-state index contributed by atoms with van der Waals surface area (Å²) in [5.41, 5.74) is 0.0600. The van der Waals surface area contributed by atoms with Crippen LogP contribution in [-0.4, -0.2) is 18.0 Å². The van der Waals surface area contributed by atoms with Gasteiger partial charge in [0.1, 0.15) is 0 Å². The van der Waals surface area contributed by atoms with Crippen molar-refractivity contribution in [3.05, 3.63) is 0 Å². The number of fused-ring (bicyclic) bond motifs is 5. The number of hydrogen-bond donors (Lipinski definition) is 0. The summed E-state index contributed by atoms with van der Waals surface area (Å²) in [4.78, 5) is 11.5. The summed E-state index contributed by atoms with van der Waals surface area (Å²) in [7, 11) is 0. The van der Waals surface area contributed by atoms with Crippen molar-refractivity contribution in [2.45, 2.75) is 124 Å². The van der Waals surface area contributed by atoms with Crippen molar-refractivity contribution >= 4 is 5.97 Å². The molecule has 0 unspecified atom stereocenters. The molecule has 0 aromatic heterocycles. The molecular formula is C29H48F2O2. The van der Waals surface area contributed by atoms with E-state index in [-0.39, 0.29) is 5.41 Å². The van der Waals surface area contributed by atoms with Gasteiger partial charge in [-0.1, -0.05) is 53.9 Å². The van der Waals surface area contributed by atoms with Crippen LogP contribution in [0, 0.1) is 52.3 Å². The minimum atomic E-state index is -2.91. The van der Waals surface area contributed by atoms with Gasteiger partial charge in [0.2, 0.25) is 0 Å². The van der Waals surface area contributed by atoms with E-state index in [1.54, 1.807) is 0 Å². The summed E-state index contributed by atoms with van der Waals surface area (Å²) in [6, 6.07) is 0. The fourth-order valence-electron chi connectivity index (χ4n) is 9.67. The fourth-order valence-corrected chi connectivity index (χ4v) is 9.67. The number of carbonyl (C=O) groups is 1. The zero-order chi connectivity index (χ0) is 24.2. The monoisotopic (exact) mass is 466 g/mol. The van der Waals surface area contributed by atoms with Crippen LogP contribution in [0.4, 0.5) is 8.78 Å². The number of esters is 1. The van der Waals surface area contributed by atoms with Gasteiger partial charge in [0, 0.05) is 12.8 Å². The summed E-state index contributed by atoms with van der Waals surface area (Å²) < 4.78 is 36.3. The first-order chi connectivity index (χ1) is 15.4. The lowest BCUT2D eigenvalue weighted by Crippen LogP contribution is -2.61. The van der Waals surface area contributed by atoms with Crippen molar-refractivity contribution in [1.82, 2.24) is 0 Å². The third-order valence-corrected chi connectivity index (χ3v) is 11.2. The molecule has 0 aromatic rings. The van der Waals surface area contributed by atoms with E-state index < -0.39 is 23.9 Å². The van der Waals surface area contributed by atoms with E-state index in [1.165, 1.54) is 45.4 Å². The van der Waals surface area contributed by atoms with E-state index in [2.05, 4.69) is 34.6 Å². The van der Waals surface area contributed by atoms with E-state index in [0.717, 1.165) is 37.0 Å². The maximum atomic E-state index is 15.6. The van der Waals surface area contributed by atoms with Gasteiger partial charge in [-0.05, 0) is 97.7 Å². The van der Waals surface area contributed by atoms with Gasteiger partial charge in [0.15, 0.2) is 6.10 Å². The molecule has 0 bridgehead atoms. The van der Waals surface area contributed by atoms with Crippen LogP contribution >= 0.6 is 0 Å². The van der Waals surface area contributed by atoms with Crippen molar-refractivity contribution in [2.75, 3.05) is 0 Å². The SMILES string of the molecule is CC(=O)O[C@H]1CC[C@]2(C)[C@H]3CC[C@]4(C)[C@@H]([C@H](C)CCCC(C)C)CC[C@H]4[C@@H]3CC[C@H]2C1(F)F. The van der Waals surface area contributed by atoms with Gasteiger partial charge in [-0.2, -0.15) is 0 Å². The Bertz CT molecular complexity index is 720. The molecule has 0 aliphatic heterocycles. The summed E-state index contributed by atoms with van der Waals surface area (Å²) >= 11 is 0. The van der Waals surface area contributed by atoms with Gasteiger partial charge in [0.25, 0.3) is 5.92 Å². The molecule has 0 saturated heterocycles. The zero-order valence-corrected chi connectivity index (χ0v) is 22.0. The first kappa shape index (κ1) is 25.4. The van der Waals surface area contributed by atoms with E-state index >= 15 is 8.78 Å². The lowest BCUT2D eigenvalue weighted by molar-refractivity contribution is -0.252. The Hall–Kier alpha value is -0.670. The summed E-state index contributed by atoms with van der Waals surface area (Å²) in [6.45, 7) is 13.1. The molecule has 4 rings (SSSR count). The smallest absolute Gasteiger partial charge is 0.303 e. The molecule has 4 heteroatoms. The molecule has 0 spiro atoms. The topological polar surface area (TPSA) is 26.3 Å². The number of ether oxygens (including phenoxy) is 1. The second-order valence-electron chi connectivity index (χ2n) is 13.4. The van der Waals surface area contributed by atoms with Gasteiger partial charge in [0.05, 0.1) is 0 Å². The van der Waals surface area contributed by atoms with Crippen LogP contribution < -0.4 is 0 Å². The average Bonchev–Trinajstić information content (AvgIpc) is 3.07. The Morgan fingerprint density at radius 1 is 0.909 bits per heavy atom. The van der Waals surface area contributed by atoms with Crippen LogP contribution in [0.2, 0.25) is 0 Å². The maximum Gasteiger partial charge on any atom is 0.303 e. The van der Waals surface area contributed by atoms with Gasteiger partial charge < -0.3 is 4.74 Å². The first-order valence-electron chi connectivity index (χ1n) is 14.0. The quantitative estimate of drug-likeness (QED) is 0.368. The van der Waals surface area contributed by atoms with Crippen LogP contribution in [0.3, 0.4) is 0 Å². The molecule has 2 nitrogen and oxygen atoms in total. The van der Waals surface area contributed by atoms with E-state index in [1.807, 2.05) is 0 Å². The van der Waals surface area contributed by atoms with Crippen molar-refractivity contribution in [2.24, 2.45) is 52.3 Å². The van der Waals surface area contributed by atoms with Gasteiger partial charge in [-0.3, -0.25) is 4.79 Å². The highest BCUT2D eigenvalue weighted by atomic mass is 19.3. The second kappa shape index (κ2) is 9.08. The Balaban J connectivity index is 1.49. The zero-order valence-electron chi connectivity index (χ0n) is 22.0. The number of carbonyl (C=O) groups excluding carboxylic acids is 1. The molecule has 0 amide bonds. The molecule has 33 heavy (non-hydrogen) atoms. The third-order valence-electron chi connectivity index (χ3n) is 11.2. The van der Waals surface area contributed by atoms with Crippen molar-refractivity contribution < 1.29 is 18.3 Å². The predicted octanol–water partition coefficient (Wildman–Crippen LogP) is 8.28. The number of rotatable bonds is 6. The molecule has 0 aromatic carbocycles. The standard InChI is InChI=1S/C29H48F2O2/c1-18(2)8-7-9-19(3)22-11-12-23-21-10-13-25-28(6,24(21)14-16-27(22,23)5)17-15-26(29(25,30)31)33-20(4)32/h18-19,21-26H,7-17H2,1-6H3/t19-,21+,22-,23+,24+,25-,26+,27-,28-/m1/s1. The lowest BCUT2D eigenvalue weighted by Gasteiger charge is -2.62. The van der Waals surface area contributed by atoms with E-state index in [9.17, 15) is 4.79 Å². The fraction of sp³-hybridized carbons (Fsp3) is 0.966. The minimum Gasteiger partial charge on any atom is -0.456 e. The molecule has 190 valence electrons. The van der Waals surface area contributed by atoms with Crippen LogP contribution in [-0.2, 0) is 9.53 Å². The molecular weight excluding hydrogens is 418 g/mol. The highest BCUT2D eigenvalue weighted by Crippen LogP contribution is 2.70. The van der Waals surface area contributed by atoms with Crippen molar-refractivity contribution in [3.8, 4) is 0 Å². The number of alkyl halides is 2. The van der Waals surface area contributed by atoms with Crippen LogP contribution in [0.1, 0.15) is 112 Å². The van der Waals surface area contributed by atoms with Gasteiger partial charge in [-0.25, -0.2) is 8.78 Å². The van der Waals surface area contributed by atoms with E-state index in [4.69, 9.17) is 4.74 Å². The molecule has 0 radical (unpaired) electrons. The first-order valence-corrected chi connectivity index (χ1v) is 14.0. The molecule has 4 fully saturated rings. The van der Waals surface area contributed by atoms with Crippen LogP contribution in [0.5, 0.6) is 0 Å². The minimum absolute atomic E-state index is 0.306. The highest BCUT2D eigenvalue weighted by Gasteiger charge is 2.67. The maximum absolute atomic E-state index is 15.6. The molecule has 0 N–H and O–H groups in total. The average molecular weight is 467 g/mol. The lowest BCUT2D eigenvalue weighted by atomic mass is 9.43. The Morgan fingerprint density at radius 2 is 1.58 bits per heavy atom. The van der Waals surface area contributed by atoms with Crippen molar-refractivity contribution in [1.29, 1.82) is 0 Å². The Labute approximate surface area is 201 Å². The second-order valence-corrected chi connectivity index (χ2v) is 13.4. The van der Waals surface area contributed by atoms with E-state index in [0.29, 0.717) is 36.0 Å². The molecule has 4 aliphatic carbocycles. The number of hydrogen-bond acceptors (Lipinski definition) is 2. The largest absolute Gasteiger partial charge is 0.456 e. The summed E-state index contributed by atoms with van der Waals surface area (Å²) in [5, 5.41) is 0. The molecule has 0 heterocycles. The number of halogens is 2. The highest BCUT2D eigenvalue weighted by molar-refractivity contribution is 5.66. The Kier molecular flexibility index (Phi) is 7.00. The molecule has 9 atom stereocenters. The van der Waals surface area contributed by atoms with Crippen LogP contribution in [0.15, 0.2) is 0 Å². The van der Waals surface area contributed by atoms with Gasteiger partial charge >= 0.3 is 5.97 Å². The normalized spacial score (nSPS) is 45.1. The van der Waals surface area contributed by atoms with Crippen molar-refractivity contribution in [3.63, 3.8) is 0 Å². The third kappa shape index (κ3) is 4.28.